The van der Waals surface area contributed by atoms with Crippen LogP contribution in [0.1, 0.15) is 10.7 Å². The van der Waals surface area contributed by atoms with Gasteiger partial charge in [-0.1, -0.05) is 5.16 Å². The van der Waals surface area contributed by atoms with Crippen molar-refractivity contribution in [2.45, 2.75) is 24.9 Å². The molecule has 0 bridgehead atoms. The van der Waals surface area contributed by atoms with Crippen LogP contribution in [0, 0.1) is 6.92 Å². The van der Waals surface area contributed by atoms with Gasteiger partial charge in [0, 0.05) is 22.8 Å². The molecule has 15 heteroatoms. The number of thiazole rings is 2. The highest BCUT2D eigenvalue weighted by molar-refractivity contribution is 8.00. The molecular weight excluding hydrogens is 526 g/mol. The van der Waals surface area contributed by atoms with Crippen LogP contribution in [-0.2, 0) is 25.8 Å². The van der Waals surface area contributed by atoms with Gasteiger partial charge in [-0.2, -0.15) is 4.57 Å². The Morgan fingerprint density at radius 3 is 2.92 bits per heavy atom. The number of fused-ring (bicyclic) bond motifs is 2. The molecule has 4 N–H and O–H groups in total. The first kappa shape index (κ1) is 24.1. The van der Waals surface area contributed by atoms with Gasteiger partial charge in [0.05, 0.1) is 10.5 Å². The number of carboxylic acids is 1. The maximum absolute atomic E-state index is 13.0. The highest BCUT2D eigenvalue weighted by Crippen LogP contribution is 2.40. The highest BCUT2D eigenvalue weighted by Gasteiger charge is 2.54. The number of nitrogen functional groups attached to an aromatic ring is 1. The molecule has 2 atom stereocenters. The highest BCUT2D eigenvalue weighted by atomic mass is 32.2. The summed E-state index contributed by atoms with van der Waals surface area (Å²) in [6, 6.07) is 0.967. The molecule has 12 nitrogen and oxygen atoms in total. The molecule has 186 valence electrons. The van der Waals surface area contributed by atoms with E-state index in [1.165, 1.54) is 23.8 Å². The number of rotatable bonds is 7. The van der Waals surface area contributed by atoms with Gasteiger partial charge in [-0.25, -0.2) is 14.8 Å². The van der Waals surface area contributed by atoms with Gasteiger partial charge >= 0.3 is 5.97 Å². The summed E-state index contributed by atoms with van der Waals surface area (Å²) in [4.78, 5) is 52.6. The second-order valence-corrected chi connectivity index (χ2v) is 11.1. The Bertz CT molecular complexity index is 1460. The fraction of sp³-hybridized carbons (Fsp3) is 0.286. The molecule has 5 rings (SSSR count). The summed E-state index contributed by atoms with van der Waals surface area (Å²) in [5.41, 5.74) is 7.17. The largest absolute Gasteiger partial charge is 0.477 e. The number of carboxylic acid groups (broad SMARTS) is 1. The van der Waals surface area contributed by atoms with Crippen molar-refractivity contribution in [1.29, 1.82) is 0 Å². The fourth-order valence-electron chi connectivity index (χ4n) is 4.06. The van der Waals surface area contributed by atoms with E-state index in [9.17, 15) is 19.5 Å². The van der Waals surface area contributed by atoms with Gasteiger partial charge in [0.2, 0.25) is 0 Å². The van der Waals surface area contributed by atoms with Crippen LogP contribution in [0.4, 0.5) is 5.13 Å². The number of carbonyl (C=O) groups excluding carboxylic acids is 2. The topological polar surface area (TPSA) is 164 Å². The van der Waals surface area contributed by atoms with Gasteiger partial charge < -0.3 is 21.0 Å². The third-order valence-corrected chi connectivity index (χ3v) is 8.50. The van der Waals surface area contributed by atoms with Gasteiger partial charge in [-0.05, 0) is 6.92 Å². The number of aryl methyl sites for hydroxylation is 1. The van der Waals surface area contributed by atoms with Gasteiger partial charge in [-0.15, -0.1) is 34.4 Å². The number of β-lactam (4-membered cyclic amide) rings is 1. The summed E-state index contributed by atoms with van der Waals surface area (Å²) in [5.74, 6) is -1.99. The lowest BCUT2D eigenvalue weighted by atomic mass is 10.0. The van der Waals surface area contributed by atoms with E-state index in [-0.39, 0.29) is 22.2 Å². The van der Waals surface area contributed by atoms with Crippen molar-refractivity contribution in [2.24, 2.45) is 5.16 Å². The molecule has 1 saturated heterocycles. The molecule has 3 aromatic rings. The first-order valence-electron chi connectivity index (χ1n) is 10.6. The van der Waals surface area contributed by atoms with E-state index >= 15 is 0 Å². The summed E-state index contributed by atoms with van der Waals surface area (Å²) in [5, 5.41) is 18.5. The van der Waals surface area contributed by atoms with Crippen LogP contribution in [0.25, 0.3) is 10.2 Å². The van der Waals surface area contributed by atoms with Crippen LogP contribution in [0.3, 0.4) is 0 Å². The summed E-state index contributed by atoms with van der Waals surface area (Å²) in [6.45, 7) is 2.24. The zero-order chi connectivity index (χ0) is 25.6. The minimum absolute atomic E-state index is 0.0552. The zero-order valence-electron chi connectivity index (χ0n) is 19.0. The van der Waals surface area contributed by atoms with E-state index < -0.39 is 29.2 Å². The van der Waals surface area contributed by atoms with E-state index in [0.717, 1.165) is 26.6 Å². The second kappa shape index (κ2) is 9.48. The minimum atomic E-state index is -1.19. The molecule has 0 unspecified atom stereocenters. The molecule has 0 saturated carbocycles. The van der Waals surface area contributed by atoms with Gasteiger partial charge in [0.1, 0.15) is 34.6 Å². The number of amides is 2. The molecule has 0 aliphatic carbocycles. The van der Waals surface area contributed by atoms with Gasteiger partial charge in [0.25, 0.3) is 11.8 Å². The molecule has 0 spiro atoms. The summed E-state index contributed by atoms with van der Waals surface area (Å²) >= 11 is 4.08. The van der Waals surface area contributed by atoms with Crippen molar-refractivity contribution >= 4 is 73.3 Å². The van der Waals surface area contributed by atoms with Crippen molar-refractivity contribution < 1.29 is 28.9 Å². The smallest absolute Gasteiger partial charge is 0.352 e. The van der Waals surface area contributed by atoms with E-state index in [0.29, 0.717) is 17.9 Å². The quantitative estimate of drug-likeness (QED) is 0.168. The SMILES string of the molecule is CO/N=C(\C(=O)N[C@@H]1C(=O)N2C(C(=O)O)=C(C[n+]3ccc4nc(C)sc4c3)CS[C@H]12)c1csc(N)n1. The molecule has 2 amide bonds. The molecule has 0 aromatic carbocycles. The monoisotopic (exact) mass is 546 g/mol. The molecule has 36 heavy (non-hydrogen) atoms. The number of aliphatic carboxylic acids is 1. The molecule has 1 fully saturated rings. The molecule has 2 aliphatic rings. The number of nitrogens with one attached hydrogen (secondary N) is 1. The van der Waals surface area contributed by atoms with E-state index in [4.69, 9.17) is 10.6 Å². The normalized spacial score (nSPS) is 19.8. The average Bonchev–Trinajstić information content (AvgIpc) is 3.44. The average molecular weight is 547 g/mol. The third-order valence-electron chi connectivity index (χ3n) is 5.57. The van der Waals surface area contributed by atoms with Crippen LogP contribution in [0.15, 0.2) is 40.3 Å². The minimum Gasteiger partial charge on any atom is -0.477 e. The Kier molecular flexibility index (Phi) is 6.36. The van der Waals surface area contributed by atoms with Crippen LogP contribution < -0.4 is 15.6 Å². The van der Waals surface area contributed by atoms with Crippen LogP contribution in [0.2, 0.25) is 0 Å². The van der Waals surface area contributed by atoms with Crippen LogP contribution in [0.5, 0.6) is 0 Å². The number of hydrogen-bond acceptors (Lipinski definition) is 11. The van der Waals surface area contributed by atoms with E-state index in [1.54, 1.807) is 16.7 Å². The first-order valence-corrected chi connectivity index (χ1v) is 13.3. The zero-order valence-corrected chi connectivity index (χ0v) is 21.4. The van der Waals surface area contributed by atoms with Crippen molar-refractivity contribution in [1.82, 2.24) is 20.2 Å². The summed E-state index contributed by atoms with van der Waals surface area (Å²) in [6.07, 6.45) is 3.76. The second-order valence-electron chi connectivity index (χ2n) is 7.91. The number of oxime groups is 1. The van der Waals surface area contributed by atoms with Crippen molar-refractivity contribution in [3.8, 4) is 0 Å². The Hall–Kier alpha value is -3.56. The Morgan fingerprint density at radius 2 is 2.22 bits per heavy atom. The summed E-state index contributed by atoms with van der Waals surface area (Å²) in [7, 11) is 1.29. The molecule has 5 heterocycles. The number of hydrogen-bond donors (Lipinski definition) is 3. The molecule has 3 aromatic heterocycles. The van der Waals surface area contributed by atoms with Crippen LogP contribution in [-0.4, -0.2) is 67.7 Å². The number of carbonyl (C=O) groups is 3. The predicted octanol–water partition coefficient (Wildman–Crippen LogP) is 0.720. The number of pyridine rings is 1. The van der Waals surface area contributed by atoms with E-state index in [2.05, 4.69) is 20.4 Å². The van der Waals surface area contributed by atoms with Crippen molar-refractivity contribution in [3.63, 3.8) is 0 Å². The Balaban J connectivity index is 1.36. The molecule has 2 aliphatic heterocycles. The molecular formula is C21H20N7O5S3+. The van der Waals surface area contributed by atoms with Gasteiger partial charge in [-0.3, -0.25) is 14.5 Å². The lowest BCUT2D eigenvalue weighted by molar-refractivity contribution is -0.687. The maximum atomic E-state index is 13.0. The summed E-state index contributed by atoms with van der Waals surface area (Å²) < 4.78 is 2.88. The van der Waals surface area contributed by atoms with Crippen LogP contribution >= 0.6 is 34.4 Å². The number of nitrogens with zero attached hydrogens (tertiary/aromatic N) is 5. The number of thioether (sulfide) groups is 1. The predicted molar refractivity (Wildman–Crippen MR) is 134 cm³/mol. The maximum Gasteiger partial charge on any atom is 0.352 e. The van der Waals surface area contributed by atoms with Crippen molar-refractivity contribution in [2.75, 3.05) is 18.6 Å². The first-order chi connectivity index (χ1) is 17.3. The lowest BCUT2D eigenvalue weighted by Gasteiger charge is -2.49. The van der Waals surface area contributed by atoms with E-state index in [1.807, 2.05) is 30.0 Å². The number of aromatic nitrogens is 3. The Labute approximate surface area is 216 Å². The Morgan fingerprint density at radius 1 is 1.42 bits per heavy atom. The third kappa shape index (κ3) is 4.29. The van der Waals surface area contributed by atoms with Gasteiger partial charge in [0.15, 0.2) is 29.8 Å². The standard InChI is InChI=1S/C21H19N7O5S3/c1-9-23-11-3-4-27(6-13(11)36-9)5-10-7-34-19-15(18(30)28(19)16(10)20(31)32)25-17(29)14(26-33-2)12-8-35-21(22)24-12/h3-4,6,8,15,19H,5,7H2,1-2H3,(H3-,22,24,25,29,31,32)/p+1/b26-14-/t15-,19-/m1/s1. The lowest BCUT2D eigenvalue weighted by Crippen LogP contribution is -2.71. The number of nitrogens with two attached hydrogens (primary N) is 1. The molecule has 0 radical (unpaired) electrons. The number of anilines is 1. The van der Waals surface area contributed by atoms with Crippen molar-refractivity contribution in [3.05, 3.63) is 45.8 Å². The fourth-order valence-corrected chi connectivity index (χ4v) is 6.81.